The van der Waals surface area contributed by atoms with Gasteiger partial charge in [0.2, 0.25) is 0 Å². The fourth-order valence-corrected chi connectivity index (χ4v) is 4.30. The molecule has 2 heteroatoms. The van der Waals surface area contributed by atoms with E-state index in [2.05, 4.69) is 65.6 Å². The van der Waals surface area contributed by atoms with Gasteiger partial charge in [-0.3, -0.25) is 0 Å². The molecule has 0 saturated heterocycles. The SMILES string of the molecule is [2H][2H].[2H][2H].c1ccc2c(c1)[nH]c1c2ccc2c3ccccc3sc21. The van der Waals surface area contributed by atoms with Crippen molar-refractivity contribution in [3.63, 3.8) is 0 Å². The lowest BCUT2D eigenvalue weighted by atomic mass is 10.1. The summed E-state index contributed by atoms with van der Waals surface area (Å²) in [6.45, 7) is 0. The third kappa shape index (κ3) is 1.22. The number of para-hydroxylation sites is 1. The first-order valence-corrected chi connectivity index (χ1v) is 7.54. The molecule has 0 fully saturated rings. The highest BCUT2D eigenvalue weighted by Gasteiger charge is 2.11. The Hall–Kier alpha value is -2.32. The van der Waals surface area contributed by atoms with Crippen LogP contribution in [0.1, 0.15) is 5.94 Å². The average Bonchev–Trinajstić information content (AvgIpc) is 3.23. The van der Waals surface area contributed by atoms with Gasteiger partial charge in [0.15, 0.2) is 0 Å². The summed E-state index contributed by atoms with van der Waals surface area (Å²) >= 11 is 1.88. The molecule has 20 heavy (non-hydrogen) atoms. The van der Waals surface area contributed by atoms with Gasteiger partial charge in [0.05, 0.1) is 10.2 Å². The molecule has 0 amide bonds. The van der Waals surface area contributed by atoms with E-state index < -0.39 is 0 Å². The van der Waals surface area contributed by atoms with Crippen LogP contribution < -0.4 is 0 Å². The van der Waals surface area contributed by atoms with Crippen LogP contribution in [0, 0.1) is 0 Å². The first-order valence-electron chi connectivity index (χ1n) is 8.72. The van der Waals surface area contributed by atoms with Gasteiger partial charge < -0.3 is 4.98 Å². The maximum absolute atomic E-state index is 5.00. The van der Waals surface area contributed by atoms with Crippen LogP contribution in [0.2, 0.25) is 0 Å². The molecule has 0 unspecified atom stereocenters. The van der Waals surface area contributed by atoms with Gasteiger partial charge in [0.1, 0.15) is 0 Å². The van der Waals surface area contributed by atoms with E-state index in [9.17, 15) is 0 Å². The summed E-state index contributed by atoms with van der Waals surface area (Å²) in [6.07, 6.45) is 0. The first-order chi connectivity index (χ1) is 11.9. The second-order valence-electron chi connectivity index (χ2n) is 5.13. The van der Waals surface area contributed by atoms with Crippen molar-refractivity contribution in [1.82, 2.24) is 4.98 Å². The van der Waals surface area contributed by atoms with Crippen LogP contribution in [0.4, 0.5) is 0 Å². The fourth-order valence-electron chi connectivity index (χ4n) is 3.10. The summed E-state index contributed by atoms with van der Waals surface area (Å²) in [5.41, 5.74) is 2.48. The topological polar surface area (TPSA) is 15.8 Å². The predicted octanol–water partition coefficient (Wildman–Crippen LogP) is 6.18. The van der Waals surface area contributed by atoms with Crippen LogP contribution in [0.3, 0.4) is 0 Å². The average molecular weight is 281 g/mol. The highest BCUT2D eigenvalue weighted by atomic mass is 32.1. The Morgan fingerprint density at radius 3 is 2.45 bits per heavy atom. The van der Waals surface area contributed by atoms with Crippen LogP contribution >= 0.6 is 11.3 Å². The minimum absolute atomic E-state index is 1.22. The van der Waals surface area contributed by atoms with Gasteiger partial charge in [-0.2, -0.15) is 0 Å². The molecule has 0 saturated carbocycles. The third-order valence-electron chi connectivity index (χ3n) is 4.02. The van der Waals surface area contributed by atoms with E-state index >= 15 is 0 Å². The molecule has 3 aromatic carbocycles. The monoisotopic (exact) mass is 281 g/mol. The molecule has 0 spiro atoms. The molecular weight excluding hydrogens is 262 g/mol. The molecular formula is C18H15NS. The normalized spacial score (nSPS) is 12.8. The Morgan fingerprint density at radius 2 is 1.50 bits per heavy atom. The Bertz CT molecular complexity index is 1020. The third-order valence-corrected chi connectivity index (χ3v) is 5.23. The van der Waals surface area contributed by atoms with Crippen molar-refractivity contribution in [2.75, 3.05) is 0 Å². The van der Waals surface area contributed by atoms with Crippen molar-refractivity contribution in [1.29, 1.82) is 0 Å². The lowest BCUT2D eigenvalue weighted by Gasteiger charge is -1.93. The number of rotatable bonds is 0. The first kappa shape index (κ1) is 8.77. The predicted molar refractivity (Wildman–Crippen MR) is 92.9 cm³/mol. The van der Waals surface area contributed by atoms with Gasteiger partial charge >= 0.3 is 0 Å². The minimum atomic E-state index is 1.22. The lowest BCUT2D eigenvalue weighted by molar-refractivity contribution is 1.57. The maximum Gasteiger partial charge on any atom is 0.0646 e. The number of hydrogen-bond acceptors (Lipinski definition) is 1. The van der Waals surface area contributed by atoms with Crippen LogP contribution in [-0.2, 0) is 0 Å². The second kappa shape index (κ2) is 3.62. The summed E-state index contributed by atoms with van der Waals surface area (Å²) in [5.74, 6) is 0. The van der Waals surface area contributed by atoms with Gasteiger partial charge in [-0.25, -0.2) is 0 Å². The van der Waals surface area contributed by atoms with Crippen molar-refractivity contribution < 1.29 is 5.94 Å². The molecule has 5 aromatic rings. The van der Waals surface area contributed by atoms with E-state index in [-0.39, 0.29) is 0 Å². The Balaban J connectivity index is 0.000000396. The van der Waals surface area contributed by atoms with Crippen LogP contribution in [-0.4, -0.2) is 4.98 Å². The maximum atomic E-state index is 5.00. The molecule has 0 aliphatic carbocycles. The van der Waals surface area contributed by atoms with Gasteiger partial charge in [-0.05, 0) is 12.1 Å². The molecule has 0 radical (unpaired) electrons. The van der Waals surface area contributed by atoms with E-state index in [1.165, 1.54) is 42.0 Å². The molecule has 5 rings (SSSR count). The number of thiophene rings is 1. The van der Waals surface area contributed by atoms with Gasteiger partial charge in [-0.15, -0.1) is 11.3 Å². The molecule has 2 aromatic heterocycles. The highest BCUT2D eigenvalue weighted by molar-refractivity contribution is 7.26. The number of benzene rings is 3. The quantitative estimate of drug-likeness (QED) is 0.349. The van der Waals surface area contributed by atoms with E-state index in [1.54, 1.807) is 0 Å². The molecule has 0 atom stereocenters. The van der Waals surface area contributed by atoms with Gasteiger partial charge in [0.25, 0.3) is 0 Å². The van der Waals surface area contributed by atoms with Crippen molar-refractivity contribution in [2.45, 2.75) is 0 Å². The van der Waals surface area contributed by atoms with Crippen molar-refractivity contribution in [3.8, 4) is 0 Å². The summed E-state index contributed by atoms with van der Waals surface area (Å²) < 4.78 is 22.7. The minimum Gasteiger partial charge on any atom is -0.353 e. The zero-order valence-electron chi connectivity index (χ0n) is 14.7. The lowest BCUT2D eigenvalue weighted by Crippen LogP contribution is -1.69. The van der Waals surface area contributed by atoms with Gasteiger partial charge in [-0.1, -0.05) is 48.5 Å². The number of aromatic nitrogens is 1. The molecule has 98 valence electrons. The summed E-state index contributed by atoms with van der Waals surface area (Å²) in [7, 11) is 0. The van der Waals surface area contributed by atoms with Crippen LogP contribution in [0.25, 0.3) is 42.0 Å². The summed E-state index contributed by atoms with van der Waals surface area (Å²) in [4.78, 5) is 3.59. The second-order valence-corrected chi connectivity index (χ2v) is 6.19. The van der Waals surface area contributed by atoms with E-state index in [0.717, 1.165) is 0 Å². The highest BCUT2D eigenvalue weighted by Crippen LogP contribution is 2.39. The molecule has 1 N–H and O–H groups in total. The standard InChI is InChI=1S/C18H11NS.2H2/c1-3-7-15-11(5-1)13-9-10-14-12-6-2-4-8-16(12)20-18(14)17(13)19-15;;/h1-10,19H;2*1H/i;2*1+1D. The number of fused-ring (bicyclic) bond motifs is 7. The fraction of sp³-hybridized carbons (Fsp3) is 0. The van der Waals surface area contributed by atoms with E-state index in [1.807, 2.05) is 11.3 Å². The van der Waals surface area contributed by atoms with Crippen LogP contribution in [0.5, 0.6) is 0 Å². The molecule has 1 nitrogen and oxygen atoms in total. The zero-order valence-corrected chi connectivity index (χ0v) is 11.5. The smallest absolute Gasteiger partial charge is 0.0646 e. The number of aromatic amines is 1. The molecule has 0 aliphatic rings. The number of nitrogens with one attached hydrogen (secondary N) is 1. The largest absolute Gasteiger partial charge is 0.353 e. The van der Waals surface area contributed by atoms with Gasteiger partial charge in [0, 0.05) is 37.7 Å². The Kier molecular flexibility index (Phi) is 1.59. The van der Waals surface area contributed by atoms with E-state index in [4.69, 9.17) is 5.94 Å². The Morgan fingerprint density at radius 1 is 0.750 bits per heavy atom. The van der Waals surface area contributed by atoms with Crippen molar-refractivity contribution in [2.24, 2.45) is 0 Å². The van der Waals surface area contributed by atoms with E-state index in [0.29, 0.717) is 0 Å². The zero-order chi connectivity index (χ0) is 17.1. The molecule has 0 aliphatic heterocycles. The van der Waals surface area contributed by atoms with Crippen molar-refractivity contribution in [3.05, 3.63) is 60.7 Å². The molecule has 2 heterocycles. The number of hydrogen-bond donors (Lipinski definition) is 1. The van der Waals surface area contributed by atoms with Crippen molar-refractivity contribution >= 4 is 53.3 Å². The summed E-state index contributed by atoms with van der Waals surface area (Å²) in [5, 5.41) is 5.33. The number of H-pyrrole nitrogens is 1. The summed E-state index contributed by atoms with van der Waals surface area (Å²) in [6, 6.07) is 21.7. The molecule has 0 bridgehead atoms. The Labute approximate surface area is 125 Å². The van der Waals surface area contributed by atoms with Crippen LogP contribution in [0.15, 0.2) is 60.7 Å².